The molecular formula is C11H13N5O2. The Balaban J connectivity index is 2.65. The fourth-order valence-corrected chi connectivity index (χ4v) is 1.92. The summed E-state index contributed by atoms with van der Waals surface area (Å²) in [5.41, 5.74) is 7.84. The topological polar surface area (TPSA) is 99.9 Å². The maximum atomic E-state index is 10.9. The number of anilines is 1. The maximum Gasteiger partial charge on any atom is 0.313 e. The van der Waals surface area contributed by atoms with Crippen molar-refractivity contribution in [3.05, 3.63) is 39.3 Å². The number of nitro groups is 1. The van der Waals surface area contributed by atoms with Crippen molar-refractivity contribution >= 4 is 11.4 Å². The van der Waals surface area contributed by atoms with Gasteiger partial charge in [0.2, 0.25) is 0 Å². The summed E-state index contributed by atoms with van der Waals surface area (Å²) in [7, 11) is 0. The van der Waals surface area contributed by atoms with Crippen molar-refractivity contribution in [2.24, 2.45) is 0 Å². The third-order valence-electron chi connectivity index (χ3n) is 2.71. The lowest BCUT2D eigenvalue weighted by molar-refractivity contribution is -0.386. The summed E-state index contributed by atoms with van der Waals surface area (Å²) < 4.78 is 1.47. The molecule has 7 heteroatoms. The predicted octanol–water partition coefficient (Wildman–Crippen LogP) is 1.68. The van der Waals surface area contributed by atoms with Crippen LogP contribution in [0.3, 0.4) is 0 Å². The molecule has 0 fully saturated rings. The highest BCUT2D eigenvalue weighted by molar-refractivity contribution is 5.48. The Kier molecular flexibility index (Phi) is 2.74. The van der Waals surface area contributed by atoms with Gasteiger partial charge in [0.05, 0.1) is 16.8 Å². The third-order valence-corrected chi connectivity index (χ3v) is 2.71. The van der Waals surface area contributed by atoms with E-state index in [1.807, 2.05) is 6.92 Å². The molecule has 0 spiro atoms. The number of nitrogens with zero attached hydrogens (tertiary/aromatic N) is 4. The Hall–Kier alpha value is -2.44. The molecule has 0 aliphatic heterocycles. The maximum absolute atomic E-state index is 10.9. The molecule has 2 aromatic rings. The molecule has 18 heavy (non-hydrogen) atoms. The molecule has 0 unspecified atom stereocenters. The van der Waals surface area contributed by atoms with Gasteiger partial charge in [-0.25, -0.2) is 9.67 Å². The number of nitrogen functional groups attached to an aromatic ring is 1. The Morgan fingerprint density at radius 2 is 2.06 bits per heavy atom. The molecule has 0 aromatic carbocycles. The first-order valence-electron chi connectivity index (χ1n) is 5.35. The molecule has 0 radical (unpaired) electrons. The van der Waals surface area contributed by atoms with Gasteiger partial charge in [-0.3, -0.25) is 10.1 Å². The highest BCUT2D eigenvalue weighted by Crippen LogP contribution is 2.25. The lowest BCUT2D eigenvalue weighted by Crippen LogP contribution is -2.05. The highest BCUT2D eigenvalue weighted by atomic mass is 16.6. The number of pyridine rings is 1. The summed E-state index contributed by atoms with van der Waals surface area (Å²) in [5.74, 6) is 0.554. The minimum Gasteiger partial charge on any atom is -0.397 e. The van der Waals surface area contributed by atoms with Crippen molar-refractivity contribution in [3.8, 4) is 5.82 Å². The fraction of sp³-hybridized carbons (Fsp3) is 0.273. The van der Waals surface area contributed by atoms with Gasteiger partial charge in [-0.1, -0.05) is 0 Å². The molecule has 0 bridgehead atoms. The van der Waals surface area contributed by atoms with E-state index in [-0.39, 0.29) is 5.69 Å². The lowest BCUT2D eigenvalue weighted by atomic mass is 10.2. The van der Waals surface area contributed by atoms with Crippen LogP contribution in [0.2, 0.25) is 0 Å². The Morgan fingerprint density at radius 1 is 1.39 bits per heavy atom. The van der Waals surface area contributed by atoms with E-state index in [1.165, 1.54) is 10.9 Å². The van der Waals surface area contributed by atoms with Gasteiger partial charge in [0, 0.05) is 0 Å². The van der Waals surface area contributed by atoms with Gasteiger partial charge in [0.25, 0.3) is 0 Å². The first-order valence-corrected chi connectivity index (χ1v) is 5.35. The Bertz CT molecular complexity index is 633. The molecule has 2 N–H and O–H groups in total. The summed E-state index contributed by atoms with van der Waals surface area (Å²) in [4.78, 5) is 14.7. The zero-order valence-electron chi connectivity index (χ0n) is 10.3. The second-order valence-corrected chi connectivity index (χ2v) is 4.10. The van der Waals surface area contributed by atoms with Crippen molar-refractivity contribution in [2.75, 3.05) is 5.73 Å². The zero-order chi connectivity index (χ0) is 13.4. The van der Waals surface area contributed by atoms with Crippen molar-refractivity contribution < 1.29 is 4.92 Å². The third kappa shape index (κ3) is 1.79. The number of hydrogen-bond acceptors (Lipinski definition) is 5. The molecule has 0 atom stereocenters. The normalized spacial score (nSPS) is 10.6. The SMILES string of the molecule is Cc1cc(N)cnc1-n1nc(C)c([N+](=O)[O-])c1C. The fourth-order valence-electron chi connectivity index (χ4n) is 1.92. The van der Waals surface area contributed by atoms with Crippen LogP contribution in [0.5, 0.6) is 0 Å². The van der Waals surface area contributed by atoms with Gasteiger partial charge >= 0.3 is 5.69 Å². The number of aromatic nitrogens is 3. The molecule has 2 aromatic heterocycles. The average Bonchev–Trinajstić information content (AvgIpc) is 2.54. The number of rotatable bonds is 2. The molecule has 0 saturated carbocycles. The quantitative estimate of drug-likeness (QED) is 0.642. The van der Waals surface area contributed by atoms with E-state index in [2.05, 4.69) is 10.1 Å². The summed E-state index contributed by atoms with van der Waals surface area (Å²) >= 11 is 0. The standard InChI is InChI=1S/C11H13N5O2/c1-6-4-9(12)5-13-11(6)15-8(3)10(16(17)18)7(2)14-15/h4-5H,12H2,1-3H3. The monoisotopic (exact) mass is 247 g/mol. The van der Waals surface area contributed by atoms with E-state index in [4.69, 9.17) is 5.73 Å². The highest BCUT2D eigenvalue weighted by Gasteiger charge is 2.23. The van der Waals surface area contributed by atoms with Gasteiger partial charge in [-0.05, 0) is 32.4 Å². The first kappa shape index (κ1) is 12.0. The Morgan fingerprint density at radius 3 is 2.56 bits per heavy atom. The van der Waals surface area contributed by atoms with Crippen LogP contribution in [0.1, 0.15) is 17.0 Å². The minimum absolute atomic E-state index is 0.0213. The van der Waals surface area contributed by atoms with E-state index < -0.39 is 4.92 Å². The lowest BCUT2D eigenvalue weighted by Gasteiger charge is -2.06. The van der Waals surface area contributed by atoms with E-state index in [0.717, 1.165) is 5.56 Å². The van der Waals surface area contributed by atoms with E-state index >= 15 is 0 Å². The predicted molar refractivity (Wildman–Crippen MR) is 66.6 cm³/mol. The van der Waals surface area contributed by atoms with Gasteiger partial charge in [0.1, 0.15) is 11.4 Å². The van der Waals surface area contributed by atoms with E-state index in [9.17, 15) is 10.1 Å². The molecular weight excluding hydrogens is 234 g/mol. The Labute approximate surface area is 103 Å². The van der Waals surface area contributed by atoms with Crippen molar-refractivity contribution in [1.82, 2.24) is 14.8 Å². The smallest absolute Gasteiger partial charge is 0.313 e. The summed E-state index contributed by atoms with van der Waals surface area (Å²) in [6.45, 7) is 5.09. The van der Waals surface area contributed by atoms with Crippen molar-refractivity contribution in [2.45, 2.75) is 20.8 Å². The van der Waals surface area contributed by atoms with Crippen LogP contribution in [0, 0.1) is 30.9 Å². The van der Waals surface area contributed by atoms with Crippen LogP contribution < -0.4 is 5.73 Å². The molecule has 0 amide bonds. The van der Waals surface area contributed by atoms with Gasteiger partial charge in [-0.15, -0.1) is 0 Å². The van der Waals surface area contributed by atoms with Crippen LogP contribution in [0.25, 0.3) is 5.82 Å². The van der Waals surface area contributed by atoms with Crippen molar-refractivity contribution in [1.29, 1.82) is 0 Å². The summed E-state index contributed by atoms with van der Waals surface area (Å²) in [6, 6.07) is 1.75. The second-order valence-electron chi connectivity index (χ2n) is 4.10. The molecule has 94 valence electrons. The van der Waals surface area contributed by atoms with Crippen LogP contribution in [0.4, 0.5) is 11.4 Å². The average molecular weight is 247 g/mol. The molecule has 2 rings (SSSR count). The minimum atomic E-state index is -0.430. The van der Waals surface area contributed by atoms with E-state index in [0.29, 0.717) is 22.9 Å². The number of hydrogen-bond donors (Lipinski definition) is 1. The largest absolute Gasteiger partial charge is 0.397 e. The summed E-state index contributed by atoms with van der Waals surface area (Å²) in [6.07, 6.45) is 1.50. The second kappa shape index (κ2) is 4.10. The molecule has 0 aliphatic rings. The number of nitrogens with two attached hydrogens (primary N) is 1. The zero-order valence-corrected chi connectivity index (χ0v) is 10.3. The summed E-state index contributed by atoms with van der Waals surface area (Å²) in [5, 5.41) is 15.1. The molecule has 0 aliphatic carbocycles. The van der Waals surface area contributed by atoms with Gasteiger partial charge < -0.3 is 5.73 Å². The van der Waals surface area contributed by atoms with E-state index in [1.54, 1.807) is 19.9 Å². The van der Waals surface area contributed by atoms with Crippen LogP contribution >= 0.6 is 0 Å². The van der Waals surface area contributed by atoms with Crippen molar-refractivity contribution in [3.63, 3.8) is 0 Å². The van der Waals surface area contributed by atoms with Gasteiger partial charge in [0.15, 0.2) is 5.82 Å². The molecule has 7 nitrogen and oxygen atoms in total. The molecule has 0 saturated heterocycles. The first-order chi connectivity index (χ1) is 8.41. The van der Waals surface area contributed by atoms with Crippen LogP contribution in [-0.2, 0) is 0 Å². The molecule has 2 heterocycles. The van der Waals surface area contributed by atoms with Gasteiger partial charge in [-0.2, -0.15) is 5.10 Å². The van der Waals surface area contributed by atoms with Crippen LogP contribution in [-0.4, -0.2) is 19.7 Å². The van der Waals surface area contributed by atoms with Crippen LogP contribution in [0.15, 0.2) is 12.3 Å². The number of aryl methyl sites for hydroxylation is 2.